The fourth-order valence-electron chi connectivity index (χ4n) is 2.37. The van der Waals surface area contributed by atoms with Crippen molar-refractivity contribution in [2.24, 2.45) is 0 Å². The second-order valence-corrected chi connectivity index (χ2v) is 4.59. The standard InChI is InChI=1S/C14H17N3O/c1-2-6-13-12(5-1)14(17-10-16-13)15-8-7-11-4-3-9-18-11/h1-2,5-6,10-11H,3-4,7-9H2,(H,15,16,17). The van der Waals surface area contributed by atoms with Crippen LogP contribution in [-0.4, -0.2) is 29.2 Å². The molecule has 1 aliphatic rings. The Bertz CT molecular complexity index is 518. The summed E-state index contributed by atoms with van der Waals surface area (Å²) in [5.41, 5.74) is 0.979. The van der Waals surface area contributed by atoms with Crippen LogP contribution in [0.3, 0.4) is 0 Å². The van der Waals surface area contributed by atoms with Crippen LogP contribution in [-0.2, 0) is 4.74 Å². The van der Waals surface area contributed by atoms with Crippen LogP contribution < -0.4 is 5.32 Å². The Balaban J connectivity index is 1.66. The number of ether oxygens (including phenoxy) is 1. The zero-order valence-electron chi connectivity index (χ0n) is 10.3. The molecule has 1 atom stereocenters. The highest BCUT2D eigenvalue weighted by Gasteiger charge is 2.14. The number of hydrogen-bond acceptors (Lipinski definition) is 4. The van der Waals surface area contributed by atoms with Gasteiger partial charge in [0.2, 0.25) is 0 Å². The summed E-state index contributed by atoms with van der Waals surface area (Å²) in [6.07, 6.45) is 5.45. The molecule has 1 aromatic heterocycles. The van der Waals surface area contributed by atoms with Crippen LogP contribution in [0, 0.1) is 0 Å². The Morgan fingerprint density at radius 3 is 3.11 bits per heavy atom. The summed E-state index contributed by atoms with van der Waals surface area (Å²) in [4.78, 5) is 8.56. The Morgan fingerprint density at radius 1 is 1.28 bits per heavy atom. The average Bonchev–Trinajstić information content (AvgIpc) is 2.92. The molecule has 1 aromatic carbocycles. The van der Waals surface area contributed by atoms with Gasteiger partial charge in [-0.1, -0.05) is 12.1 Å². The summed E-state index contributed by atoms with van der Waals surface area (Å²) < 4.78 is 5.61. The third-order valence-corrected chi connectivity index (χ3v) is 3.33. The summed E-state index contributed by atoms with van der Waals surface area (Å²) in [7, 11) is 0. The van der Waals surface area contributed by atoms with Gasteiger partial charge in [0.15, 0.2) is 0 Å². The van der Waals surface area contributed by atoms with Crippen molar-refractivity contribution in [1.82, 2.24) is 9.97 Å². The van der Waals surface area contributed by atoms with Crippen molar-refractivity contribution < 1.29 is 4.74 Å². The predicted molar refractivity (Wildman–Crippen MR) is 71.6 cm³/mol. The average molecular weight is 243 g/mol. The minimum Gasteiger partial charge on any atom is -0.378 e. The number of nitrogens with one attached hydrogen (secondary N) is 1. The fourth-order valence-corrected chi connectivity index (χ4v) is 2.37. The highest BCUT2D eigenvalue weighted by atomic mass is 16.5. The number of para-hydroxylation sites is 1. The van der Waals surface area contributed by atoms with Crippen LogP contribution in [0.4, 0.5) is 5.82 Å². The molecule has 0 radical (unpaired) electrons. The second kappa shape index (κ2) is 5.31. The maximum absolute atomic E-state index is 5.61. The highest BCUT2D eigenvalue weighted by molar-refractivity contribution is 5.88. The first-order valence-electron chi connectivity index (χ1n) is 6.49. The molecule has 0 spiro atoms. The van der Waals surface area contributed by atoms with Crippen molar-refractivity contribution in [3.63, 3.8) is 0 Å². The molecule has 1 saturated heterocycles. The van der Waals surface area contributed by atoms with E-state index in [2.05, 4.69) is 15.3 Å². The molecule has 2 heterocycles. The maximum Gasteiger partial charge on any atom is 0.137 e. The quantitative estimate of drug-likeness (QED) is 0.896. The summed E-state index contributed by atoms with van der Waals surface area (Å²) in [6, 6.07) is 8.05. The van der Waals surface area contributed by atoms with Crippen LogP contribution in [0.25, 0.3) is 10.9 Å². The Morgan fingerprint density at radius 2 is 2.22 bits per heavy atom. The first-order valence-corrected chi connectivity index (χ1v) is 6.49. The van der Waals surface area contributed by atoms with Crippen molar-refractivity contribution in [3.05, 3.63) is 30.6 Å². The van der Waals surface area contributed by atoms with Crippen LogP contribution >= 0.6 is 0 Å². The van der Waals surface area contributed by atoms with E-state index in [4.69, 9.17) is 4.74 Å². The van der Waals surface area contributed by atoms with Gasteiger partial charge in [-0.15, -0.1) is 0 Å². The van der Waals surface area contributed by atoms with Gasteiger partial charge in [0.1, 0.15) is 12.1 Å². The fraction of sp³-hybridized carbons (Fsp3) is 0.429. The van der Waals surface area contributed by atoms with Crippen molar-refractivity contribution in [2.45, 2.75) is 25.4 Å². The molecule has 3 rings (SSSR count). The van der Waals surface area contributed by atoms with Gasteiger partial charge >= 0.3 is 0 Å². The first-order chi connectivity index (χ1) is 8.93. The Kier molecular flexibility index (Phi) is 3.37. The zero-order chi connectivity index (χ0) is 12.2. The van der Waals surface area contributed by atoms with Gasteiger partial charge in [0.25, 0.3) is 0 Å². The predicted octanol–water partition coefficient (Wildman–Crippen LogP) is 2.61. The molecule has 2 aromatic rings. The van der Waals surface area contributed by atoms with E-state index in [0.717, 1.165) is 36.3 Å². The van der Waals surface area contributed by atoms with Crippen LogP contribution in [0.15, 0.2) is 30.6 Å². The first kappa shape index (κ1) is 11.4. The largest absolute Gasteiger partial charge is 0.378 e. The molecule has 0 amide bonds. The van der Waals surface area contributed by atoms with Crippen molar-refractivity contribution in [1.29, 1.82) is 0 Å². The summed E-state index contributed by atoms with van der Waals surface area (Å²) in [6.45, 7) is 1.81. The lowest BCUT2D eigenvalue weighted by Gasteiger charge is -2.11. The van der Waals surface area contributed by atoms with Crippen LogP contribution in [0.2, 0.25) is 0 Å². The number of anilines is 1. The normalized spacial score (nSPS) is 19.2. The summed E-state index contributed by atoms with van der Waals surface area (Å²) >= 11 is 0. The number of fused-ring (bicyclic) bond motifs is 1. The number of benzene rings is 1. The molecule has 1 aliphatic heterocycles. The van der Waals surface area contributed by atoms with Crippen LogP contribution in [0.5, 0.6) is 0 Å². The highest BCUT2D eigenvalue weighted by Crippen LogP contribution is 2.19. The summed E-state index contributed by atoms with van der Waals surface area (Å²) in [5.74, 6) is 0.915. The molecule has 0 saturated carbocycles. The SMILES string of the molecule is c1ccc2c(NCCC3CCCO3)ncnc2c1. The van der Waals surface area contributed by atoms with E-state index in [1.54, 1.807) is 6.33 Å². The summed E-state index contributed by atoms with van der Waals surface area (Å²) in [5, 5.41) is 4.46. The van der Waals surface area contributed by atoms with Gasteiger partial charge in [0, 0.05) is 18.5 Å². The minimum atomic E-state index is 0.422. The third-order valence-electron chi connectivity index (χ3n) is 3.33. The van der Waals surface area contributed by atoms with Gasteiger partial charge in [-0.2, -0.15) is 0 Å². The van der Waals surface area contributed by atoms with Crippen molar-refractivity contribution in [3.8, 4) is 0 Å². The molecule has 4 heteroatoms. The smallest absolute Gasteiger partial charge is 0.137 e. The van der Waals surface area contributed by atoms with Gasteiger partial charge in [-0.25, -0.2) is 9.97 Å². The molecule has 18 heavy (non-hydrogen) atoms. The molecule has 0 bridgehead atoms. The molecular weight excluding hydrogens is 226 g/mol. The van der Waals surface area contributed by atoms with E-state index >= 15 is 0 Å². The Labute approximate surface area is 106 Å². The molecule has 1 fully saturated rings. The van der Waals surface area contributed by atoms with Gasteiger partial charge < -0.3 is 10.1 Å². The van der Waals surface area contributed by atoms with Gasteiger partial charge in [0.05, 0.1) is 11.6 Å². The monoisotopic (exact) mass is 243 g/mol. The van der Waals surface area contributed by atoms with E-state index < -0.39 is 0 Å². The third kappa shape index (κ3) is 2.43. The molecular formula is C14H17N3O. The second-order valence-electron chi connectivity index (χ2n) is 4.59. The molecule has 1 N–H and O–H groups in total. The Hall–Kier alpha value is -1.68. The lowest BCUT2D eigenvalue weighted by molar-refractivity contribution is 0.107. The molecule has 4 nitrogen and oxygen atoms in total. The lowest BCUT2D eigenvalue weighted by Crippen LogP contribution is -2.13. The van der Waals surface area contributed by atoms with E-state index in [9.17, 15) is 0 Å². The minimum absolute atomic E-state index is 0.422. The topological polar surface area (TPSA) is 47.0 Å². The van der Waals surface area contributed by atoms with Crippen molar-refractivity contribution in [2.75, 3.05) is 18.5 Å². The molecule has 94 valence electrons. The number of rotatable bonds is 4. The van der Waals surface area contributed by atoms with E-state index in [0.29, 0.717) is 6.10 Å². The lowest BCUT2D eigenvalue weighted by atomic mass is 10.2. The van der Waals surface area contributed by atoms with E-state index in [1.807, 2.05) is 24.3 Å². The number of aromatic nitrogens is 2. The van der Waals surface area contributed by atoms with Gasteiger partial charge in [-0.3, -0.25) is 0 Å². The van der Waals surface area contributed by atoms with E-state index in [1.165, 1.54) is 12.8 Å². The maximum atomic E-state index is 5.61. The molecule has 0 aliphatic carbocycles. The van der Waals surface area contributed by atoms with Crippen LogP contribution in [0.1, 0.15) is 19.3 Å². The van der Waals surface area contributed by atoms with Gasteiger partial charge in [-0.05, 0) is 31.4 Å². The number of hydrogen-bond donors (Lipinski definition) is 1. The van der Waals surface area contributed by atoms with E-state index in [-0.39, 0.29) is 0 Å². The zero-order valence-corrected chi connectivity index (χ0v) is 10.3. The van der Waals surface area contributed by atoms with Crippen molar-refractivity contribution >= 4 is 16.7 Å². The molecule has 1 unspecified atom stereocenters. The number of nitrogens with zero attached hydrogens (tertiary/aromatic N) is 2.